The Labute approximate surface area is 112 Å². The van der Waals surface area contributed by atoms with Crippen LogP contribution in [0.25, 0.3) is 22.1 Å². The van der Waals surface area contributed by atoms with Crippen molar-refractivity contribution in [2.24, 2.45) is 5.73 Å². The van der Waals surface area contributed by atoms with Crippen LogP contribution in [0.3, 0.4) is 0 Å². The molecule has 3 rings (SSSR count). The van der Waals surface area contributed by atoms with Crippen molar-refractivity contribution in [3.63, 3.8) is 0 Å². The monoisotopic (exact) mass is 251 g/mol. The summed E-state index contributed by atoms with van der Waals surface area (Å²) in [5.74, 6) is 0. The number of hydrogen-bond donors (Lipinski definition) is 1. The van der Waals surface area contributed by atoms with Crippen LogP contribution in [0.5, 0.6) is 0 Å². The lowest BCUT2D eigenvalue weighted by Gasteiger charge is -2.07. The first-order valence-corrected chi connectivity index (χ1v) is 6.61. The lowest BCUT2D eigenvalue weighted by atomic mass is 9.98. The Balaban J connectivity index is 2.24. The second kappa shape index (κ2) is 4.90. The minimum absolute atomic E-state index is 0.558. The summed E-state index contributed by atoms with van der Waals surface area (Å²) >= 11 is 0. The Hall–Kier alpha value is -2.06. The van der Waals surface area contributed by atoms with Crippen molar-refractivity contribution in [3.05, 3.63) is 59.9 Å². The smallest absolute Gasteiger partial charge is 0.141 e. The molecule has 0 saturated carbocycles. The highest BCUT2D eigenvalue weighted by atomic mass is 16.3. The average molecular weight is 251 g/mol. The van der Waals surface area contributed by atoms with Gasteiger partial charge in [-0.2, -0.15) is 0 Å². The second-order valence-corrected chi connectivity index (χ2v) is 4.74. The van der Waals surface area contributed by atoms with Gasteiger partial charge in [0.25, 0.3) is 0 Å². The maximum Gasteiger partial charge on any atom is 0.141 e. The van der Waals surface area contributed by atoms with Gasteiger partial charge in [-0.3, -0.25) is 0 Å². The first-order chi connectivity index (χ1) is 9.31. The predicted molar refractivity (Wildman–Crippen MR) is 78.9 cm³/mol. The molecule has 0 aliphatic rings. The van der Waals surface area contributed by atoms with E-state index in [1.807, 2.05) is 18.2 Å². The van der Waals surface area contributed by atoms with Crippen molar-refractivity contribution < 1.29 is 4.42 Å². The highest BCUT2D eigenvalue weighted by Gasteiger charge is 2.09. The van der Waals surface area contributed by atoms with Crippen LogP contribution in [0, 0.1) is 0 Å². The van der Waals surface area contributed by atoms with Crippen molar-refractivity contribution >= 4 is 11.0 Å². The number of hydrogen-bond acceptors (Lipinski definition) is 2. The minimum Gasteiger partial charge on any atom is -0.464 e. The van der Waals surface area contributed by atoms with Crippen LogP contribution in [0.15, 0.2) is 53.1 Å². The molecule has 0 radical (unpaired) electrons. The van der Waals surface area contributed by atoms with Gasteiger partial charge in [-0.05, 0) is 47.4 Å². The molecule has 0 saturated heterocycles. The van der Waals surface area contributed by atoms with Crippen LogP contribution in [0.2, 0.25) is 0 Å². The van der Waals surface area contributed by atoms with E-state index in [1.54, 1.807) is 6.26 Å². The third kappa shape index (κ3) is 2.15. The average Bonchev–Trinajstić information content (AvgIpc) is 2.94. The number of benzene rings is 2. The summed E-state index contributed by atoms with van der Waals surface area (Å²) in [5, 5.41) is 1.16. The van der Waals surface area contributed by atoms with E-state index in [4.69, 9.17) is 10.2 Å². The fourth-order valence-electron chi connectivity index (χ4n) is 2.43. The zero-order chi connectivity index (χ0) is 13.2. The van der Waals surface area contributed by atoms with Crippen molar-refractivity contribution in [3.8, 4) is 11.1 Å². The van der Waals surface area contributed by atoms with Gasteiger partial charge < -0.3 is 10.2 Å². The van der Waals surface area contributed by atoms with Gasteiger partial charge in [0.2, 0.25) is 0 Å². The first-order valence-electron chi connectivity index (χ1n) is 6.61. The summed E-state index contributed by atoms with van der Waals surface area (Å²) in [6.45, 7) is 2.73. The molecule has 1 heterocycles. The summed E-state index contributed by atoms with van der Waals surface area (Å²) in [5.41, 5.74) is 11.4. The molecule has 3 aromatic rings. The molecule has 0 amide bonds. The lowest BCUT2D eigenvalue weighted by Crippen LogP contribution is -1.96. The molecule has 0 unspecified atom stereocenters. The van der Waals surface area contributed by atoms with Gasteiger partial charge in [0.15, 0.2) is 0 Å². The summed E-state index contributed by atoms with van der Waals surface area (Å²) in [7, 11) is 0. The van der Waals surface area contributed by atoms with Gasteiger partial charge in [0, 0.05) is 17.5 Å². The predicted octanol–water partition coefficient (Wildman–Crippen LogP) is 4.12. The molecule has 0 fully saturated rings. The third-order valence-electron chi connectivity index (χ3n) is 3.49. The number of rotatable bonds is 3. The van der Waals surface area contributed by atoms with Crippen LogP contribution >= 0.6 is 0 Å². The Kier molecular flexibility index (Phi) is 3.10. The van der Waals surface area contributed by atoms with Crippen molar-refractivity contribution in [1.29, 1.82) is 0 Å². The van der Waals surface area contributed by atoms with E-state index in [2.05, 4.69) is 31.2 Å². The molecule has 0 aliphatic heterocycles. The first kappa shape index (κ1) is 12.0. The molecular formula is C17H17NO. The van der Waals surface area contributed by atoms with E-state index >= 15 is 0 Å². The maximum absolute atomic E-state index is 5.72. The van der Waals surface area contributed by atoms with E-state index in [-0.39, 0.29) is 0 Å². The lowest BCUT2D eigenvalue weighted by molar-refractivity contribution is 0.617. The number of aryl methyl sites for hydroxylation is 1. The third-order valence-corrected chi connectivity index (χ3v) is 3.49. The zero-order valence-corrected chi connectivity index (χ0v) is 11.0. The van der Waals surface area contributed by atoms with Gasteiger partial charge in [-0.25, -0.2) is 0 Å². The minimum atomic E-state index is 0.558. The molecule has 19 heavy (non-hydrogen) atoms. The second-order valence-electron chi connectivity index (χ2n) is 4.74. The van der Waals surface area contributed by atoms with Crippen LogP contribution in [0.1, 0.15) is 18.1 Å². The van der Waals surface area contributed by atoms with Gasteiger partial charge >= 0.3 is 0 Å². The van der Waals surface area contributed by atoms with Crippen molar-refractivity contribution in [2.75, 3.05) is 0 Å². The Morgan fingerprint density at radius 2 is 1.95 bits per heavy atom. The number of nitrogens with two attached hydrogens (primary N) is 1. The zero-order valence-electron chi connectivity index (χ0n) is 11.0. The highest BCUT2D eigenvalue weighted by Crippen LogP contribution is 2.31. The topological polar surface area (TPSA) is 39.2 Å². The van der Waals surface area contributed by atoms with Crippen LogP contribution in [-0.4, -0.2) is 0 Å². The summed E-state index contributed by atoms with van der Waals surface area (Å²) in [4.78, 5) is 0. The van der Waals surface area contributed by atoms with E-state index in [0.717, 1.165) is 28.5 Å². The van der Waals surface area contributed by atoms with Gasteiger partial charge in [0.1, 0.15) is 5.58 Å². The summed E-state index contributed by atoms with van der Waals surface area (Å²) in [6, 6.07) is 14.8. The van der Waals surface area contributed by atoms with E-state index in [1.165, 1.54) is 11.1 Å². The molecule has 96 valence electrons. The highest BCUT2D eigenvalue weighted by molar-refractivity contribution is 5.93. The largest absolute Gasteiger partial charge is 0.464 e. The molecule has 0 bridgehead atoms. The van der Waals surface area contributed by atoms with E-state index in [9.17, 15) is 0 Å². The van der Waals surface area contributed by atoms with Gasteiger partial charge in [-0.1, -0.05) is 25.1 Å². The number of furan rings is 1. The fraction of sp³-hybridized carbons (Fsp3) is 0.176. The van der Waals surface area contributed by atoms with E-state index < -0.39 is 0 Å². The van der Waals surface area contributed by atoms with Crippen molar-refractivity contribution in [1.82, 2.24) is 0 Å². The fourth-order valence-corrected chi connectivity index (χ4v) is 2.43. The quantitative estimate of drug-likeness (QED) is 0.760. The molecular weight excluding hydrogens is 234 g/mol. The van der Waals surface area contributed by atoms with Crippen LogP contribution < -0.4 is 5.73 Å². The van der Waals surface area contributed by atoms with Crippen molar-refractivity contribution in [2.45, 2.75) is 19.9 Å². The summed E-state index contributed by atoms with van der Waals surface area (Å²) in [6.07, 6.45) is 2.77. The molecule has 0 spiro atoms. The Bertz CT molecular complexity index is 712. The Morgan fingerprint density at radius 1 is 1.05 bits per heavy atom. The molecule has 2 heteroatoms. The van der Waals surface area contributed by atoms with Crippen LogP contribution in [0.4, 0.5) is 0 Å². The van der Waals surface area contributed by atoms with E-state index in [0.29, 0.717) is 6.54 Å². The molecule has 0 atom stereocenters. The van der Waals surface area contributed by atoms with Crippen LogP contribution in [-0.2, 0) is 13.0 Å². The standard InChI is InChI=1S/C17H17NO/c1-2-12-8-15-6-7-19-17(15)16(10-12)14-5-3-4-13(9-14)11-18/h3-10H,2,11,18H2,1H3. The molecule has 0 aliphatic carbocycles. The summed E-state index contributed by atoms with van der Waals surface area (Å²) < 4.78 is 5.65. The Morgan fingerprint density at radius 3 is 2.74 bits per heavy atom. The molecule has 2 N–H and O–H groups in total. The molecule has 2 aromatic carbocycles. The maximum atomic E-state index is 5.72. The molecule has 1 aromatic heterocycles. The normalized spacial score (nSPS) is 11.1. The number of fused-ring (bicyclic) bond motifs is 1. The molecule has 2 nitrogen and oxygen atoms in total. The SMILES string of the molecule is CCc1cc(-c2cccc(CN)c2)c2occc2c1. The van der Waals surface area contributed by atoms with Gasteiger partial charge in [-0.15, -0.1) is 0 Å². The van der Waals surface area contributed by atoms with Gasteiger partial charge in [0.05, 0.1) is 6.26 Å².